The summed E-state index contributed by atoms with van der Waals surface area (Å²) in [5.74, 6) is 2.84. The van der Waals surface area contributed by atoms with Crippen LogP contribution in [0, 0.1) is 0 Å². The van der Waals surface area contributed by atoms with Gasteiger partial charge in [0.25, 0.3) is 0 Å². The fourth-order valence-electron chi connectivity index (χ4n) is 2.91. The zero-order chi connectivity index (χ0) is 21.4. The van der Waals surface area contributed by atoms with Gasteiger partial charge < -0.3 is 33.7 Å². The first-order valence-corrected chi connectivity index (χ1v) is 8.89. The number of hydrogen-bond donors (Lipinski definition) is 1. The van der Waals surface area contributed by atoms with Crippen molar-refractivity contribution in [3.05, 3.63) is 29.8 Å². The summed E-state index contributed by atoms with van der Waals surface area (Å²) in [6.07, 6.45) is 0.752. The standard InChI is InChI=1S/C21H27NO7/c1-24-15-9-13(10-16(25-2)20(15)28-5)7-8-19(23)22-14-11-17(26-3)21(29-6)18(12-14)27-4/h9-12H,7-8H2,1-6H3,(H,22,23). The Balaban J connectivity index is 2.12. The molecule has 0 heterocycles. The van der Waals surface area contributed by atoms with Crippen molar-refractivity contribution in [2.24, 2.45) is 0 Å². The van der Waals surface area contributed by atoms with E-state index in [1.54, 1.807) is 33.5 Å². The van der Waals surface area contributed by atoms with Gasteiger partial charge in [-0.05, 0) is 24.1 Å². The first kappa shape index (κ1) is 22.0. The van der Waals surface area contributed by atoms with E-state index in [4.69, 9.17) is 28.4 Å². The van der Waals surface area contributed by atoms with Crippen molar-refractivity contribution in [3.8, 4) is 34.5 Å². The third-order valence-corrected chi connectivity index (χ3v) is 4.31. The average Bonchev–Trinajstić information content (AvgIpc) is 2.75. The van der Waals surface area contributed by atoms with Crippen molar-refractivity contribution >= 4 is 11.6 Å². The van der Waals surface area contributed by atoms with E-state index in [0.717, 1.165) is 5.56 Å². The Morgan fingerprint density at radius 3 is 1.48 bits per heavy atom. The lowest BCUT2D eigenvalue weighted by Crippen LogP contribution is -2.13. The monoisotopic (exact) mass is 405 g/mol. The molecule has 158 valence electrons. The fourth-order valence-corrected chi connectivity index (χ4v) is 2.91. The number of carbonyl (C=O) groups excluding carboxylic acids is 1. The molecule has 0 aromatic heterocycles. The van der Waals surface area contributed by atoms with Crippen molar-refractivity contribution in [2.45, 2.75) is 12.8 Å². The summed E-state index contributed by atoms with van der Waals surface area (Å²) < 4.78 is 31.9. The van der Waals surface area contributed by atoms with E-state index >= 15 is 0 Å². The molecule has 0 aliphatic rings. The number of nitrogens with one attached hydrogen (secondary N) is 1. The van der Waals surface area contributed by atoms with Gasteiger partial charge in [0.2, 0.25) is 17.4 Å². The van der Waals surface area contributed by atoms with Crippen LogP contribution in [0.1, 0.15) is 12.0 Å². The van der Waals surface area contributed by atoms with Gasteiger partial charge in [-0.3, -0.25) is 4.79 Å². The maximum Gasteiger partial charge on any atom is 0.224 e. The molecule has 1 N–H and O–H groups in total. The van der Waals surface area contributed by atoms with E-state index in [-0.39, 0.29) is 12.3 Å². The minimum absolute atomic E-state index is 0.159. The molecule has 8 heteroatoms. The molecule has 0 fully saturated rings. The maximum atomic E-state index is 12.5. The molecular formula is C21H27NO7. The van der Waals surface area contributed by atoms with E-state index in [1.807, 2.05) is 12.1 Å². The molecule has 2 rings (SSSR count). The average molecular weight is 405 g/mol. The van der Waals surface area contributed by atoms with Crippen molar-refractivity contribution in [2.75, 3.05) is 48.0 Å². The molecule has 2 aromatic carbocycles. The zero-order valence-electron chi connectivity index (χ0n) is 17.6. The number of anilines is 1. The summed E-state index contributed by atoms with van der Waals surface area (Å²) in [7, 11) is 9.22. The molecule has 0 aliphatic carbocycles. The molecule has 0 bridgehead atoms. The van der Waals surface area contributed by atoms with E-state index in [0.29, 0.717) is 46.6 Å². The Bertz CT molecular complexity index is 801. The number of hydrogen-bond acceptors (Lipinski definition) is 7. The van der Waals surface area contributed by atoms with Crippen LogP contribution in [0.2, 0.25) is 0 Å². The Labute approximate surface area is 170 Å². The molecule has 2 aromatic rings. The lowest BCUT2D eigenvalue weighted by molar-refractivity contribution is -0.116. The minimum Gasteiger partial charge on any atom is -0.493 e. The van der Waals surface area contributed by atoms with Gasteiger partial charge in [0, 0.05) is 24.2 Å². The second kappa shape index (κ2) is 10.3. The van der Waals surface area contributed by atoms with E-state index in [9.17, 15) is 4.79 Å². The second-order valence-corrected chi connectivity index (χ2v) is 6.00. The predicted octanol–water partition coefficient (Wildman–Crippen LogP) is 3.31. The van der Waals surface area contributed by atoms with Gasteiger partial charge in [-0.15, -0.1) is 0 Å². The highest BCUT2D eigenvalue weighted by atomic mass is 16.5. The number of aryl methyl sites for hydroxylation is 1. The second-order valence-electron chi connectivity index (χ2n) is 6.00. The highest BCUT2D eigenvalue weighted by molar-refractivity contribution is 5.91. The molecule has 0 aliphatic heterocycles. The lowest BCUT2D eigenvalue weighted by Gasteiger charge is -2.15. The molecule has 1 amide bonds. The van der Waals surface area contributed by atoms with Crippen LogP contribution in [0.15, 0.2) is 24.3 Å². The molecule has 0 radical (unpaired) electrons. The number of methoxy groups -OCH3 is 6. The highest BCUT2D eigenvalue weighted by Crippen LogP contribution is 2.40. The number of ether oxygens (including phenoxy) is 6. The maximum absolute atomic E-state index is 12.5. The number of benzene rings is 2. The summed E-state index contributed by atoms with van der Waals surface area (Å²) in [6, 6.07) is 7.01. The Morgan fingerprint density at radius 2 is 1.10 bits per heavy atom. The summed E-state index contributed by atoms with van der Waals surface area (Å²) in [5, 5.41) is 2.85. The van der Waals surface area contributed by atoms with E-state index < -0.39 is 0 Å². The van der Waals surface area contributed by atoms with Crippen LogP contribution in [0.25, 0.3) is 0 Å². The largest absolute Gasteiger partial charge is 0.493 e. The summed E-state index contributed by atoms with van der Waals surface area (Å²) in [4.78, 5) is 12.5. The van der Waals surface area contributed by atoms with E-state index in [2.05, 4.69) is 5.32 Å². The van der Waals surface area contributed by atoms with Gasteiger partial charge >= 0.3 is 0 Å². The first-order valence-electron chi connectivity index (χ1n) is 8.89. The molecule has 0 saturated carbocycles. The number of amides is 1. The van der Waals surface area contributed by atoms with Gasteiger partial charge in [0.05, 0.1) is 42.7 Å². The lowest BCUT2D eigenvalue weighted by atomic mass is 10.1. The first-order chi connectivity index (χ1) is 14.0. The van der Waals surface area contributed by atoms with Crippen LogP contribution >= 0.6 is 0 Å². The van der Waals surface area contributed by atoms with Crippen LogP contribution in [0.3, 0.4) is 0 Å². The summed E-state index contributed by atoms with van der Waals surface area (Å²) in [5.41, 5.74) is 1.44. The highest BCUT2D eigenvalue weighted by Gasteiger charge is 2.16. The molecule has 29 heavy (non-hydrogen) atoms. The summed E-state index contributed by atoms with van der Waals surface area (Å²) in [6.45, 7) is 0. The Hall–Kier alpha value is -3.29. The molecular weight excluding hydrogens is 378 g/mol. The number of carbonyl (C=O) groups is 1. The van der Waals surface area contributed by atoms with Crippen LogP contribution in [0.5, 0.6) is 34.5 Å². The normalized spacial score (nSPS) is 10.1. The molecule has 8 nitrogen and oxygen atoms in total. The van der Waals surface area contributed by atoms with Crippen LogP contribution in [-0.2, 0) is 11.2 Å². The van der Waals surface area contributed by atoms with Crippen molar-refractivity contribution in [1.29, 1.82) is 0 Å². The van der Waals surface area contributed by atoms with Crippen molar-refractivity contribution < 1.29 is 33.2 Å². The molecule has 0 spiro atoms. The summed E-state index contributed by atoms with van der Waals surface area (Å²) >= 11 is 0. The topological polar surface area (TPSA) is 84.5 Å². The molecule has 0 unspecified atom stereocenters. The van der Waals surface area contributed by atoms with Gasteiger partial charge in [-0.1, -0.05) is 0 Å². The fraction of sp³-hybridized carbons (Fsp3) is 0.381. The SMILES string of the molecule is COc1cc(CCC(=O)Nc2cc(OC)c(OC)c(OC)c2)cc(OC)c1OC. The van der Waals surface area contributed by atoms with Gasteiger partial charge in [-0.25, -0.2) is 0 Å². The van der Waals surface area contributed by atoms with Crippen LogP contribution in [0.4, 0.5) is 5.69 Å². The van der Waals surface area contributed by atoms with Crippen molar-refractivity contribution in [3.63, 3.8) is 0 Å². The van der Waals surface area contributed by atoms with Gasteiger partial charge in [0.15, 0.2) is 23.0 Å². The number of rotatable bonds is 10. The molecule has 0 atom stereocenters. The minimum atomic E-state index is -0.159. The predicted molar refractivity (Wildman–Crippen MR) is 109 cm³/mol. The van der Waals surface area contributed by atoms with Crippen molar-refractivity contribution in [1.82, 2.24) is 0 Å². The molecule has 0 saturated heterocycles. The Kier molecular flexibility index (Phi) is 7.82. The van der Waals surface area contributed by atoms with Gasteiger partial charge in [-0.2, -0.15) is 0 Å². The van der Waals surface area contributed by atoms with Crippen LogP contribution < -0.4 is 33.7 Å². The smallest absolute Gasteiger partial charge is 0.224 e. The quantitative estimate of drug-likeness (QED) is 0.649. The van der Waals surface area contributed by atoms with E-state index in [1.165, 1.54) is 21.3 Å². The van der Waals surface area contributed by atoms with Gasteiger partial charge in [0.1, 0.15) is 0 Å². The zero-order valence-corrected chi connectivity index (χ0v) is 17.6. The third-order valence-electron chi connectivity index (χ3n) is 4.31. The van der Waals surface area contributed by atoms with Crippen LogP contribution in [-0.4, -0.2) is 48.6 Å². The Morgan fingerprint density at radius 1 is 0.690 bits per heavy atom. The third kappa shape index (κ3) is 5.16.